The Morgan fingerprint density at radius 1 is 1.33 bits per heavy atom. The van der Waals surface area contributed by atoms with Crippen LogP contribution in [0.3, 0.4) is 0 Å². The zero-order chi connectivity index (χ0) is 15.3. The highest BCUT2D eigenvalue weighted by Crippen LogP contribution is 2.35. The van der Waals surface area contributed by atoms with Crippen LogP contribution in [-0.4, -0.2) is 31.3 Å². The van der Waals surface area contributed by atoms with Gasteiger partial charge < -0.3 is 15.2 Å². The third kappa shape index (κ3) is 3.76. The number of aryl methyl sites for hydroxylation is 1. The Balaban J connectivity index is 2.06. The first-order chi connectivity index (χ1) is 10.1. The van der Waals surface area contributed by atoms with Gasteiger partial charge in [0.15, 0.2) is 0 Å². The maximum absolute atomic E-state index is 12.4. The number of carbonyl (C=O) groups is 1. The van der Waals surface area contributed by atoms with Gasteiger partial charge in [0.25, 0.3) is 5.91 Å². The molecule has 1 aliphatic carbocycles. The summed E-state index contributed by atoms with van der Waals surface area (Å²) in [6, 6.07) is 5.57. The molecule has 0 spiro atoms. The summed E-state index contributed by atoms with van der Waals surface area (Å²) in [6.07, 6.45) is 5.44. The smallest absolute Gasteiger partial charge is 0.255 e. The van der Waals surface area contributed by atoms with Crippen LogP contribution < -0.4 is 10.1 Å². The second-order valence-corrected chi connectivity index (χ2v) is 6.11. The standard InChI is InChI=1S/C17H25NO3/c1-13-6-7-15(21-2)14(10-13)16(20)18-11-17(12-19)8-4-3-5-9-17/h6-7,10,19H,3-5,8-9,11-12H2,1-2H3,(H,18,20). The van der Waals surface area contributed by atoms with Crippen molar-refractivity contribution in [3.63, 3.8) is 0 Å². The van der Waals surface area contributed by atoms with Crippen LogP contribution in [-0.2, 0) is 0 Å². The summed E-state index contributed by atoms with van der Waals surface area (Å²) in [4.78, 5) is 12.4. The van der Waals surface area contributed by atoms with Crippen molar-refractivity contribution in [1.82, 2.24) is 5.32 Å². The Kier molecular flexibility index (Phi) is 5.23. The van der Waals surface area contributed by atoms with Crippen LogP contribution in [0.2, 0.25) is 0 Å². The topological polar surface area (TPSA) is 58.6 Å². The molecular weight excluding hydrogens is 266 g/mol. The predicted molar refractivity (Wildman–Crippen MR) is 82.7 cm³/mol. The van der Waals surface area contributed by atoms with Gasteiger partial charge in [-0.15, -0.1) is 0 Å². The average Bonchev–Trinajstić information content (AvgIpc) is 2.53. The molecule has 21 heavy (non-hydrogen) atoms. The fourth-order valence-electron chi connectivity index (χ4n) is 3.05. The molecule has 2 N–H and O–H groups in total. The number of hydrogen-bond donors (Lipinski definition) is 2. The highest BCUT2D eigenvalue weighted by Gasteiger charge is 2.32. The van der Waals surface area contributed by atoms with Gasteiger partial charge in [-0.1, -0.05) is 30.9 Å². The summed E-state index contributed by atoms with van der Waals surface area (Å²) >= 11 is 0. The van der Waals surface area contributed by atoms with Crippen molar-refractivity contribution in [2.24, 2.45) is 5.41 Å². The van der Waals surface area contributed by atoms with Crippen LogP contribution in [0.4, 0.5) is 0 Å². The number of benzene rings is 1. The maximum atomic E-state index is 12.4. The van der Waals surface area contributed by atoms with Gasteiger partial charge in [-0.05, 0) is 31.9 Å². The molecule has 0 bridgehead atoms. The molecule has 1 fully saturated rings. The van der Waals surface area contributed by atoms with Crippen molar-refractivity contribution in [3.8, 4) is 5.75 Å². The molecule has 1 saturated carbocycles. The summed E-state index contributed by atoms with van der Waals surface area (Å²) in [5, 5.41) is 12.7. The Labute approximate surface area is 126 Å². The second-order valence-electron chi connectivity index (χ2n) is 6.11. The summed E-state index contributed by atoms with van der Waals surface area (Å²) in [5.74, 6) is 0.453. The molecule has 2 rings (SSSR count). The van der Waals surface area contributed by atoms with Crippen LogP contribution in [0, 0.1) is 12.3 Å². The van der Waals surface area contributed by atoms with E-state index in [0.717, 1.165) is 31.2 Å². The minimum atomic E-state index is -0.148. The highest BCUT2D eigenvalue weighted by atomic mass is 16.5. The molecule has 0 radical (unpaired) electrons. The number of rotatable bonds is 5. The Morgan fingerprint density at radius 3 is 2.67 bits per heavy atom. The second kappa shape index (κ2) is 6.94. The number of hydrogen-bond acceptors (Lipinski definition) is 3. The van der Waals surface area contributed by atoms with E-state index in [9.17, 15) is 9.90 Å². The quantitative estimate of drug-likeness (QED) is 0.877. The van der Waals surface area contributed by atoms with Gasteiger partial charge in [0.2, 0.25) is 0 Å². The van der Waals surface area contributed by atoms with Gasteiger partial charge >= 0.3 is 0 Å². The summed E-state index contributed by atoms with van der Waals surface area (Å²) in [5.41, 5.74) is 1.43. The zero-order valence-corrected chi connectivity index (χ0v) is 12.9. The van der Waals surface area contributed by atoms with E-state index < -0.39 is 0 Å². The molecular formula is C17H25NO3. The first-order valence-electron chi connectivity index (χ1n) is 7.64. The molecule has 1 aromatic carbocycles. The van der Waals surface area contributed by atoms with Crippen LogP contribution in [0.1, 0.15) is 48.0 Å². The lowest BCUT2D eigenvalue weighted by Gasteiger charge is -2.35. The van der Waals surface area contributed by atoms with E-state index in [-0.39, 0.29) is 17.9 Å². The van der Waals surface area contributed by atoms with Gasteiger partial charge in [0, 0.05) is 12.0 Å². The third-order valence-electron chi connectivity index (χ3n) is 4.47. The van der Waals surface area contributed by atoms with E-state index in [1.807, 2.05) is 25.1 Å². The van der Waals surface area contributed by atoms with Crippen LogP contribution >= 0.6 is 0 Å². The largest absolute Gasteiger partial charge is 0.496 e. The molecule has 4 heteroatoms. The molecule has 1 amide bonds. The number of nitrogens with one attached hydrogen (secondary N) is 1. The molecule has 0 saturated heterocycles. The minimum Gasteiger partial charge on any atom is -0.496 e. The van der Waals surface area contributed by atoms with Crippen molar-refractivity contribution in [3.05, 3.63) is 29.3 Å². The van der Waals surface area contributed by atoms with Crippen molar-refractivity contribution in [2.75, 3.05) is 20.3 Å². The lowest BCUT2D eigenvalue weighted by Crippen LogP contribution is -2.41. The first-order valence-corrected chi connectivity index (χ1v) is 7.64. The maximum Gasteiger partial charge on any atom is 0.255 e. The fraction of sp³-hybridized carbons (Fsp3) is 0.588. The van der Waals surface area contributed by atoms with Gasteiger partial charge in [-0.25, -0.2) is 0 Å². The predicted octanol–water partition coefficient (Wildman–Crippen LogP) is 2.68. The molecule has 0 heterocycles. The van der Waals surface area contributed by atoms with E-state index in [1.165, 1.54) is 6.42 Å². The fourth-order valence-corrected chi connectivity index (χ4v) is 3.05. The van der Waals surface area contributed by atoms with Crippen molar-refractivity contribution < 1.29 is 14.6 Å². The molecule has 0 atom stereocenters. The Morgan fingerprint density at radius 2 is 2.05 bits per heavy atom. The first kappa shape index (κ1) is 15.8. The number of amides is 1. The van der Waals surface area contributed by atoms with Gasteiger partial charge in [-0.2, -0.15) is 0 Å². The SMILES string of the molecule is COc1ccc(C)cc1C(=O)NCC1(CO)CCCCC1. The van der Waals surface area contributed by atoms with Gasteiger partial charge in [-0.3, -0.25) is 4.79 Å². The third-order valence-corrected chi connectivity index (χ3v) is 4.47. The van der Waals surface area contributed by atoms with Crippen molar-refractivity contribution >= 4 is 5.91 Å². The van der Waals surface area contributed by atoms with E-state index in [2.05, 4.69) is 5.32 Å². The lowest BCUT2D eigenvalue weighted by molar-refractivity contribution is 0.0716. The average molecular weight is 291 g/mol. The van der Waals surface area contributed by atoms with Crippen molar-refractivity contribution in [1.29, 1.82) is 0 Å². The van der Waals surface area contributed by atoms with Gasteiger partial charge in [0.05, 0.1) is 19.3 Å². The number of aliphatic hydroxyl groups is 1. The summed E-state index contributed by atoms with van der Waals surface area (Å²) in [6.45, 7) is 2.62. The Hall–Kier alpha value is -1.55. The lowest BCUT2D eigenvalue weighted by atomic mass is 9.74. The highest BCUT2D eigenvalue weighted by molar-refractivity contribution is 5.97. The molecule has 0 aliphatic heterocycles. The number of carbonyl (C=O) groups excluding carboxylic acids is 1. The number of aliphatic hydroxyl groups excluding tert-OH is 1. The van der Waals surface area contributed by atoms with Crippen LogP contribution in [0.25, 0.3) is 0 Å². The molecule has 0 unspecified atom stereocenters. The molecule has 1 aromatic rings. The number of methoxy groups -OCH3 is 1. The Bertz CT molecular complexity index is 493. The minimum absolute atomic E-state index is 0.131. The number of ether oxygens (including phenoxy) is 1. The normalized spacial score (nSPS) is 17.3. The van der Waals surface area contributed by atoms with E-state index in [4.69, 9.17) is 4.74 Å². The van der Waals surface area contributed by atoms with Crippen molar-refractivity contribution in [2.45, 2.75) is 39.0 Å². The van der Waals surface area contributed by atoms with Gasteiger partial charge in [0.1, 0.15) is 5.75 Å². The van der Waals surface area contributed by atoms with E-state index in [0.29, 0.717) is 17.9 Å². The molecule has 116 valence electrons. The summed E-state index contributed by atoms with van der Waals surface area (Å²) in [7, 11) is 1.57. The molecule has 0 aromatic heterocycles. The van der Waals surface area contributed by atoms with E-state index in [1.54, 1.807) is 7.11 Å². The zero-order valence-electron chi connectivity index (χ0n) is 12.9. The summed E-state index contributed by atoms with van der Waals surface area (Å²) < 4.78 is 5.25. The monoisotopic (exact) mass is 291 g/mol. The molecule has 1 aliphatic rings. The van der Waals surface area contributed by atoms with E-state index >= 15 is 0 Å². The van der Waals surface area contributed by atoms with Crippen LogP contribution in [0.5, 0.6) is 5.75 Å². The molecule has 4 nitrogen and oxygen atoms in total. The van der Waals surface area contributed by atoms with Crippen LogP contribution in [0.15, 0.2) is 18.2 Å².